The molecule has 0 heterocycles. The first-order valence-electron chi connectivity index (χ1n) is 6.32. The molecule has 0 amide bonds. The molecule has 0 N–H and O–H groups in total. The molecule has 0 aliphatic rings. The first-order valence-corrected chi connectivity index (χ1v) is 6.32. The van der Waals surface area contributed by atoms with Crippen LogP contribution in [-0.4, -0.2) is 13.6 Å². The summed E-state index contributed by atoms with van der Waals surface area (Å²) in [7, 11) is 2.19. The van der Waals surface area contributed by atoms with Gasteiger partial charge >= 0.3 is 0 Å². The van der Waals surface area contributed by atoms with Crippen molar-refractivity contribution < 1.29 is 0 Å². The molecule has 0 fully saturated rings. The molecule has 0 aromatic heterocycles. The lowest BCUT2D eigenvalue weighted by atomic mass is 9.92. The maximum absolute atomic E-state index is 2.37. The van der Waals surface area contributed by atoms with Crippen molar-refractivity contribution in [2.45, 2.75) is 46.5 Å². The van der Waals surface area contributed by atoms with E-state index in [-0.39, 0.29) is 0 Å². The number of hydrogen-bond acceptors (Lipinski definition) is 1. The lowest BCUT2D eigenvalue weighted by Gasteiger charge is -2.27. The van der Waals surface area contributed by atoms with Crippen LogP contribution in [0.4, 0.5) is 5.69 Å². The SMILES string of the molecule is CCN(C)c1c(C(C)C)cccc1C(C)C. The van der Waals surface area contributed by atoms with Crippen molar-refractivity contribution in [1.82, 2.24) is 0 Å². The van der Waals surface area contributed by atoms with Crippen molar-refractivity contribution in [3.8, 4) is 0 Å². The van der Waals surface area contributed by atoms with Crippen molar-refractivity contribution in [3.63, 3.8) is 0 Å². The van der Waals surface area contributed by atoms with Gasteiger partial charge in [0.2, 0.25) is 0 Å². The third-order valence-electron chi connectivity index (χ3n) is 3.20. The van der Waals surface area contributed by atoms with Gasteiger partial charge in [-0.15, -0.1) is 0 Å². The second-order valence-electron chi connectivity index (χ2n) is 5.11. The molecule has 0 aliphatic heterocycles. The minimum absolute atomic E-state index is 0.586. The second kappa shape index (κ2) is 5.38. The van der Waals surface area contributed by atoms with Crippen molar-refractivity contribution in [1.29, 1.82) is 0 Å². The van der Waals surface area contributed by atoms with Crippen LogP contribution in [0.2, 0.25) is 0 Å². The van der Waals surface area contributed by atoms with E-state index in [9.17, 15) is 0 Å². The molecule has 16 heavy (non-hydrogen) atoms. The van der Waals surface area contributed by atoms with E-state index >= 15 is 0 Å². The molecule has 0 radical (unpaired) electrons. The molecule has 0 bridgehead atoms. The van der Waals surface area contributed by atoms with Crippen LogP contribution in [0.25, 0.3) is 0 Å². The van der Waals surface area contributed by atoms with Crippen molar-refractivity contribution in [3.05, 3.63) is 29.3 Å². The summed E-state index contributed by atoms with van der Waals surface area (Å²) in [6.07, 6.45) is 0. The van der Waals surface area contributed by atoms with Crippen LogP contribution in [-0.2, 0) is 0 Å². The molecule has 1 aromatic rings. The quantitative estimate of drug-likeness (QED) is 0.726. The summed E-state index contributed by atoms with van der Waals surface area (Å²) in [6.45, 7) is 12.3. The van der Waals surface area contributed by atoms with Gasteiger partial charge in [-0.05, 0) is 29.9 Å². The highest BCUT2D eigenvalue weighted by atomic mass is 15.1. The summed E-state index contributed by atoms with van der Waals surface area (Å²) in [4.78, 5) is 2.37. The van der Waals surface area contributed by atoms with Gasteiger partial charge in [0, 0.05) is 19.3 Å². The number of benzene rings is 1. The molecule has 0 spiro atoms. The van der Waals surface area contributed by atoms with Crippen LogP contribution in [0.15, 0.2) is 18.2 Å². The Labute approximate surface area is 100 Å². The predicted octanol–water partition coefficient (Wildman–Crippen LogP) is 4.39. The number of anilines is 1. The molecule has 1 rings (SSSR count). The number of rotatable bonds is 4. The van der Waals surface area contributed by atoms with E-state index in [4.69, 9.17) is 0 Å². The van der Waals surface area contributed by atoms with Crippen LogP contribution in [0, 0.1) is 0 Å². The standard InChI is InChI=1S/C15H25N/c1-7-16(6)15-13(11(2)3)9-8-10-14(15)12(4)5/h8-12H,7H2,1-6H3. The Morgan fingerprint density at radius 3 is 1.75 bits per heavy atom. The molecule has 0 atom stereocenters. The molecule has 1 aromatic carbocycles. The Morgan fingerprint density at radius 1 is 1.00 bits per heavy atom. The minimum Gasteiger partial charge on any atom is -0.374 e. The van der Waals surface area contributed by atoms with Gasteiger partial charge in [0.05, 0.1) is 0 Å². The topological polar surface area (TPSA) is 3.24 Å². The van der Waals surface area contributed by atoms with E-state index in [0.29, 0.717) is 11.8 Å². The molecular formula is C15H25N. The van der Waals surface area contributed by atoms with E-state index in [1.54, 1.807) is 0 Å². The largest absolute Gasteiger partial charge is 0.374 e. The first-order chi connectivity index (χ1) is 7.49. The molecule has 90 valence electrons. The molecular weight excluding hydrogens is 194 g/mol. The monoisotopic (exact) mass is 219 g/mol. The second-order valence-corrected chi connectivity index (χ2v) is 5.11. The fourth-order valence-corrected chi connectivity index (χ4v) is 2.11. The van der Waals surface area contributed by atoms with Gasteiger partial charge in [-0.25, -0.2) is 0 Å². The average Bonchev–Trinajstić information content (AvgIpc) is 2.26. The molecule has 0 unspecified atom stereocenters. The first kappa shape index (κ1) is 13.1. The van der Waals surface area contributed by atoms with Crippen LogP contribution in [0.3, 0.4) is 0 Å². The van der Waals surface area contributed by atoms with Crippen LogP contribution in [0.5, 0.6) is 0 Å². The van der Waals surface area contributed by atoms with Crippen LogP contribution < -0.4 is 4.90 Å². The smallest absolute Gasteiger partial charge is 0.0433 e. The van der Waals surface area contributed by atoms with Crippen LogP contribution >= 0.6 is 0 Å². The molecule has 1 nitrogen and oxygen atoms in total. The Balaban J connectivity index is 3.34. The normalized spacial score (nSPS) is 11.2. The minimum atomic E-state index is 0.586. The lowest BCUT2D eigenvalue weighted by molar-refractivity contribution is 0.809. The zero-order valence-corrected chi connectivity index (χ0v) is 11.5. The van der Waals surface area contributed by atoms with Gasteiger partial charge in [-0.2, -0.15) is 0 Å². The molecule has 1 heteroatoms. The third kappa shape index (κ3) is 2.58. The summed E-state index contributed by atoms with van der Waals surface area (Å²) < 4.78 is 0. The number of nitrogens with zero attached hydrogens (tertiary/aromatic N) is 1. The van der Waals surface area contributed by atoms with Gasteiger partial charge < -0.3 is 4.90 Å². The zero-order chi connectivity index (χ0) is 12.3. The maximum atomic E-state index is 2.37. The summed E-state index contributed by atoms with van der Waals surface area (Å²) in [5.74, 6) is 1.17. The summed E-state index contributed by atoms with van der Waals surface area (Å²) in [6, 6.07) is 6.72. The lowest BCUT2D eigenvalue weighted by Crippen LogP contribution is -2.20. The Hall–Kier alpha value is -0.980. The predicted molar refractivity (Wildman–Crippen MR) is 73.6 cm³/mol. The summed E-state index contributed by atoms with van der Waals surface area (Å²) >= 11 is 0. The van der Waals surface area contributed by atoms with Gasteiger partial charge in [-0.3, -0.25) is 0 Å². The Bertz CT molecular complexity index is 313. The van der Waals surface area contributed by atoms with Crippen molar-refractivity contribution in [2.75, 3.05) is 18.5 Å². The fraction of sp³-hybridized carbons (Fsp3) is 0.600. The van der Waals surface area contributed by atoms with Crippen LogP contribution in [0.1, 0.15) is 57.6 Å². The molecule has 0 saturated heterocycles. The van der Waals surface area contributed by atoms with E-state index in [2.05, 4.69) is 64.8 Å². The summed E-state index contributed by atoms with van der Waals surface area (Å²) in [5, 5.41) is 0. The molecule has 0 aliphatic carbocycles. The highest BCUT2D eigenvalue weighted by Crippen LogP contribution is 2.34. The molecule has 0 saturated carbocycles. The Morgan fingerprint density at radius 2 is 1.44 bits per heavy atom. The van der Waals surface area contributed by atoms with E-state index in [0.717, 1.165) is 6.54 Å². The fourth-order valence-electron chi connectivity index (χ4n) is 2.11. The Kier molecular flexibility index (Phi) is 4.40. The van der Waals surface area contributed by atoms with E-state index < -0.39 is 0 Å². The number of para-hydroxylation sites is 1. The van der Waals surface area contributed by atoms with Gasteiger partial charge in [0.1, 0.15) is 0 Å². The summed E-state index contributed by atoms with van der Waals surface area (Å²) in [5.41, 5.74) is 4.38. The highest BCUT2D eigenvalue weighted by molar-refractivity contribution is 5.61. The highest BCUT2D eigenvalue weighted by Gasteiger charge is 2.15. The van der Waals surface area contributed by atoms with Crippen molar-refractivity contribution >= 4 is 5.69 Å². The third-order valence-corrected chi connectivity index (χ3v) is 3.20. The van der Waals surface area contributed by atoms with E-state index in [1.165, 1.54) is 16.8 Å². The van der Waals surface area contributed by atoms with Crippen molar-refractivity contribution in [2.24, 2.45) is 0 Å². The maximum Gasteiger partial charge on any atom is 0.0433 e. The average molecular weight is 219 g/mol. The van der Waals surface area contributed by atoms with Gasteiger partial charge in [0.25, 0.3) is 0 Å². The van der Waals surface area contributed by atoms with Gasteiger partial charge in [-0.1, -0.05) is 45.9 Å². The van der Waals surface area contributed by atoms with E-state index in [1.807, 2.05) is 0 Å². The van der Waals surface area contributed by atoms with Gasteiger partial charge in [0.15, 0.2) is 0 Å². The zero-order valence-electron chi connectivity index (χ0n) is 11.5. The number of hydrogen-bond donors (Lipinski definition) is 0.